The van der Waals surface area contributed by atoms with E-state index in [1.54, 1.807) is 21.9 Å². The lowest BCUT2D eigenvalue weighted by Crippen LogP contribution is -2.58. The van der Waals surface area contributed by atoms with Gasteiger partial charge < -0.3 is 24.1 Å². The minimum atomic E-state index is -0.732. The quantitative estimate of drug-likeness (QED) is 0.746. The van der Waals surface area contributed by atoms with E-state index in [0.717, 1.165) is 32.1 Å². The molecule has 1 aromatic rings. The average molecular weight is 416 g/mol. The van der Waals surface area contributed by atoms with Crippen LogP contribution >= 0.6 is 0 Å². The average Bonchev–Trinajstić information content (AvgIpc) is 3.24. The van der Waals surface area contributed by atoms with E-state index < -0.39 is 11.0 Å². The molecule has 1 saturated heterocycles. The van der Waals surface area contributed by atoms with Crippen molar-refractivity contribution in [3.05, 3.63) is 24.2 Å². The molecule has 0 radical (unpaired) electrons. The van der Waals surface area contributed by atoms with Crippen LogP contribution in [0, 0.1) is 17.3 Å². The molecule has 2 amide bonds. The number of carbonyl (C=O) groups is 3. The minimum absolute atomic E-state index is 0.182. The zero-order valence-corrected chi connectivity index (χ0v) is 17.0. The second kappa shape index (κ2) is 7.11. The molecule has 5 fully saturated rings. The predicted octanol–water partition coefficient (Wildman–Crippen LogP) is 1.44. The van der Waals surface area contributed by atoms with Crippen LogP contribution in [0.15, 0.2) is 22.8 Å². The molecule has 162 valence electrons. The first kappa shape index (κ1) is 19.6. The van der Waals surface area contributed by atoms with Crippen molar-refractivity contribution in [2.24, 2.45) is 17.3 Å². The van der Waals surface area contributed by atoms with Crippen molar-refractivity contribution in [2.45, 2.75) is 44.1 Å². The Kier molecular flexibility index (Phi) is 4.65. The van der Waals surface area contributed by atoms with Gasteiger partial charge >= 0.3 is 5.97 Å². The van der Waals surface area contributed by atoms with Crippen LogP contribution in [0.2, 0.25) is 0 Å². The molecule has 1 aliphatic heterocycles. The minimum Gasteiger partial charge on any atom is -0.459 e. The molecule has 8 nitrogen and oxygen atoms in total. The summed E-state index contributed by atoms with van der Waals surface area (Å²) in [6.07, 6.45) is 6.14. The number of ether oxygens (including phenoxy) is 1. The van der Waals surface area contributed by atoms with Crippen molar-refractivity contribution in [1.29, 1.82) is 0 Å². The number of aliphatic hydroxyl groups is 1. The smallest absolute Gasteiger partial charge is 0.312 e. The van der Waals surface area contributed by atoms with Crippen molar-refractivity contribution >= 4 is 17.8 Å². The van der Waals surface area contributed by atoms with E-state index in [4.69, 9.17) is 9.15 Å². The molecule has 1 aromatic heterocycles. The molecule has 6 rings (SSSR count). The summed E-state index contributed by atoms with van der Waals surface area (Å²) in [7, 11) is 0. The fourth-order valence-corrected chi connectivity index (χ4v) is 6.54. The van der Waals surface area contributed by atoms with Crippen LogP contribution < -0.4 is 0 Å². The number of rotatable bonds is 4. The topological polar surface area (TPSA) is 100 Å². The third kappa shape index (κ3) is 3.41. The second-order valence-electron chi connectivity index (χ2n) is 9.69. The normalized spacial score (nSPS) is 34.8. The SMILES string of the molecule is O=C(COC(=O)C12CC3CC(CC(O)(C3)C1)C2)N1CCN(C(=O)c2ccco2)CC1. The lowest BCUT2D eigenvalue weighted by atomic mass is 9.48. The van der Waals surface area contributed by atoms with Crippen LogP contribution in [0.25, 0.3) is 0 Å². The van der Waals surface area contributed by atoms with Gasteiger partial charge in [-0.05, 0) is 62.5 Å². The number of nitrogens with zero attached hydrogens (tertiary/aromatic N) is 2. The van der Waals surface area contributed by atoms with E-state index in [0.29, 0.717) is 50.2 Å². The van der Waals surface area contributed by atoms with Crippen LogP contribution in [0.4, 0.5) is 0 Å². The number of hydrogen-bond donors (Lipinski definition) is 1. The molecule has 0 aromatic carbocycles. The van der Waals surface area contributed by atoms with Crippen LogP contribution in [0.1, 0.15) is 49.1 Å². The molecule has 0 spiro atoms. The molecule has 4 bridgehead atoms. The number of piperazine rings is 1. The molecule has 1 N–H and O–H groups in total. The highest BCUT2D eigenvalue weighted by atomic mass is 16.5. The molecule has 5 aliphatic rings. The zero-order valence-electron chi connectivity index (χ0n) is 17.0. The van der Waals surface area contributed by atoms with Gasteiger partial charge in [0.05, 0.1) is 17.3 Å². The zero-order chi connectivity index (χ0) is 20.9. The van der Waals surface area contributed by atoms with Gasteiger partial charge in [-0.1, -0.05) is 0 Å². The van der Waals surface area contributed by atoms with E-state index in [1.807, 2.05) is 0 Å². The Hall–Kier alpha value is -2.35. The third-order valence-corrected chi connectivity index (χ3v) is 7.44. The van der Waals surface area contributed by atoms with Crippen LogP contribution in [-0.2, 0) is 14.3 Å². The van der Waals surface area contributed by atoms with Gasteiger partial charge in [-0.2, -0.15) is 0 Å². The highest BCUT2D eigenvalue weighted by Gasteiger charge is 2.61. The summed E-state index contributed by atoms with van der Waals surface area (Å²) in [5.74, 6) is 0.324. The van der Waals surface area contributed by atoms with Gasteiger partial charge in [0.2, 0.25) is 0 Å². The summed E-state index contributed by atoms with van der Waals surface area (Å²) < 4.78 is 10.6. The highest BCUT2D eigenvalue weighted by molar-refractivity contribution is 5.91. The van der Waals surface area contributed by atoms with E-state index in [2.05, 4.69) is 0 Å². The maximum atomic E-state index is 12.9. The van der Waals surface area contributed by atoms with E-state index in [-0.39, 0.29) is 24.4 Å². The molecular formula is C22H28N2O6. The van der Waals surface area contributed by atoms with E-state index in [9.17, 15) is 19.5 Å². The lowest BCUT2D eigenvalue weighted by molar-refractivity contribution is -0.197. The molecule has 30 heavy (non-hydrogen) atoms. The first-order valence-corrected chi connectivity index (χ1v) is 10.9. The summed E-state index contributed by atoms with van der Waals surface area (Å²) in [5.41, 5.74) is -1.35. The molecule has 2 atom stereocenters. The molecule has 4 aliphatic carbocycles. The van der Waals surface area contributed by atoms with Crippen LogP contribution in [0.3, 0.4) is 0 Å². The summed E-state index contributed by atoms with van der Waals surface area (Å²) in [5, 5.41) is 10.8. The van der Waals surface area contributed by atoms with Crippen molar-refractivity contribution in [3.63, 3.8) is 0 Å². The lowest BCUT2D eigenvalue weighted by Gasteiger charge is -2.58. The molecule has 2 unspecified atom stereocenters. The standard InChI is InChI=1S/C22H28N2O6/c25-18(23-3-5-24(6-4-23)19(26)17-2-1-7-29-17)13-30-20(27)21-9-15-8-16(10-21)12-22(28,11-15)14-21/h1-2,7,15-16,28H,3-6,8-14H2. The van der Waals surface area contributed by atoms with Crippen molar-refractivity contribution in [3.8, 4) is 0 Å². The van der Waals surface area contributed by atoms with Gasteiger partial charge in [0.1, 0.15) is 0 Å². The van der Waals surface area contributed by atoms with E-state index in [1.165, 1.54) is 6.26 Å². The molecule has 2 heterocycles. The number of amides is 2. The fraction of sp³-hybridized carbons (Fsp3) is 0.682. The monoisotopic (exact) mass is 416 g/mol. The van der Waals surface area contributed by atoms with Gasteiger partial charge in [0, 0.05) is 26.2 Å². The first-order chi connectivity index (χ1) is 14.4. The summed E-state index contributed by atoms with van der Waals surface area (Å²) in [6, 6.07) is 3.30. The molecular weight excluding hydrogens is 388 g/mol. The highest BCUT2D eigenvalue weighted by Crippen LogP contribution is 2.61. The first-order valence-electron chi connectivity index (χ1n) is 10.9. The van der Waals surface area contributed by atoms with Crippen LogP contribution in [0.5, 0.6) is 0 Å². The Bertz CT molecular complexity index is 828. The Morgan fingerprint density at radius 1 is 1.07 bits per heavy atom. The largest absolute Gasteiger partial charge is 0.459 e. The fourth-order valence-electron chi connectivity index (χ4n) is 6.54. The number of esters is 1. The van der Waals surface area contributed by atoms with Crippen molar-refractivity contribution in [2.75, 3.05) is 32.8 Å². The Labute approximate surface area is 175 Å². The molecule has 8 heteroatoms. The van der Waals surface area contributed by atoms with Crippen molar-refractivity contribution in [1.82, 2.24) is 9.80 Å². The number of furan rings is 1. The Morgan fingerprint density at radius 3 is 2.33 bits per heavy atom. The number of carbonyl (C=O) groups excluding carboxylic acids is 3. The second-order valence-corrected chi connectivity index (χ2v) is 9.69. The number of hydrogen-bond acceptors (Lipinski definition) is 6. The third-order valence-electron chi connectivity index (χ3n) is 7.44. The van der Waals surface area contributed by atoms with E-state index >= 15 is 0 Å². The summed E-state index contributed by atoms with van der Waals surface area (Å²) in [6.45, 7) is 1.36. The Morgan fingerprint density at radius 2 is 1.73 bits per heavy atom. The maximum Gasteiger partial charge on any atom is 0.312 e. The van der Waals surface area contributed by atoms with Gasteiger partial charge in [0.25, 0.3) is 11.8 Å². The van der Waals surface area contributed by atoms with Gasteiger partial charge in [-0.15, -0.1) is 0 Å². The Balaban J connectivity index is 1.13. The van der Waals surface area contributed by atoms with Crippen molar-refractivity contribution < 1.29 is 28.6 Å². The summed E-state index contributed by atoms with van der Waals surface area (Å²) >= 11 is 0. The molecule has 4 saturated carbocycles. The van der Waals surface area contributed by atoms with Crippen LogP contribution in [-0.4, -0.2) is 71.1 Å². The maximum absolute atomic E-state index is 12.9. The van der Waals surface area contributed by atoms with Gasteiger partial charge in [-0.25, -0.2) is 0 Å². The predicted molar refractivity (Wildman–Crippen MR) is 104 cm³/mol. The van der Waals surface area contributed by atoms with Gasteiger partial charge in [-0.3, -0.25) is 14.4 Å². The van der Waals surface area contributed by atoms with Gasteiger partial charge in [0.15, 0.2) is 12.4 Å². The summed E-state index contributed by atoms with van der Waals surface area (Å²) in [4.78, 5) is 41.1.